The topological polar surface area (TPSA) is 58.2 Å². The third kappa shape index (κ3) is 6.42. The van der Waals surface area contributed by atoms with E-state index < -0.39 is 0 Å². The lowest BCUT2D eigenvalue weighted by molar-refractivity contribution is -0.121. The van der Waals surface area contributed by atoms with Gasteiger partial charge in [-0.15, -0.1) is 0 Å². The SMILES string of the molecule is CC(=O)Nc1ccc(CC(=O)NC(CC(C)C)c2ccccc2)cc1. The molecule has 0 spiro atoms. The Morgan fingerprint density at radius 1 is 0.960 bits per heavy atom. The van der Waals surface area contributed by atoms with E-state index >= 15 is 0 Å². The summed E-state index contributed by atoms with van der Waals surface area (Å²) >= 11 is 0. The number of nitrogens with one attached hydrogen (secondary N) is 2. The normalized spacial score (nSPS) is 11.8. The number of carbonyl (C=O) groups is 2. The number of hydrogen-bond acceptors (Lipinski definition) is 2. The van der Waals surface area contributed by atoms with E-state index in [1.54, 1.807) is 0 Å². The van der Waals surface area contributed by atoms with Crippen molar-refractivity contribution in [2.24, 2.45) is 5.92 Å². The molecule has 2 aromatic rings. The van der Waals surface area contributed by atoms with Gasteiger partial charge in [0.2, 0.25) is 11.8 Å². The van der Waals surface area contributed by atoms with Gasteiger partial charge in [0, 0.05) is 12.6 Å². The first kappa shape index (κ1) is 18.7. The molecule has 0 aliphatic heterocycles. The van der Waals surface area contributed by atoms with Gasteiger partial charge in [0.05, 0.1) is 12.5 Å². The molecule has 2 N–H and O–H groups in total. The molecule has 0 fully saturated rings. The van der Waals surface area contributed by atoms with Crippen LogP contribution in [0.1, 0.15) is 44.4 Å². The Morgan fingerprint density at radius 3 is 2.16 bits per heavy atom. The average Bonchev–Trinajstić information content (AvgIpc) is 2.56. The summed E-state index contributed by atoms with van der Waals surface area (Å²) in [5.41, 5.74) is 2.78. The lowest BCUT2D eigenvalue weighted by Gasteiger charge is -2.21. The summed E-state index contributed by atoms with van der Waals surface area (Å²) in [6.07, 6.45) is 1.22. The van der Waals surface area contributed by atoms with Crippen LogP contribution in [0, 0.1) is 5.92 Å². The van der Waals surface area contributed by atoms with Crippen LogP contribution in [-0.2, 0) is 16.0 Å². The zero-order valence-electron chi connectivity index (χ0n) is 15.1. The van der Waals surface area contributed by atoms with Gasteiger partial charge in [-0.2, -0.15) is 0 Å². The summed E-state index contributed by atoms with van der Waals surface area (Å²) < 4.78 is 0. The van der Waals surface area contributed by atoms with E-state index in [-0.39, 0.29) is 17.9 Å². The zero-order chi connectivity index (χ0) is 18.2. The van der Waals surface area contributed by atoms with Crippen LogP contribution >= 0.6 is 0 Å². The Kier molecular flexibility index (Phi) is 6.75. The minimum absolute atomic E-state index is 0.00165. The number of benzene rings is 2. The van der Waals surface area contributed by atoms with Crippen LogP contribution in [0.4, 0.5) is 5.69 Å². The lowest BCUT2D eigenvalue weighted by atomic mass is 9.96. The van der Waals surface area contributed by atoms with Crippen LogP contribution in [0.2, 0.25) is 0 Å². The van der Waals surface area contributed by atoms with Crippen molar-refractivity contribution in [3.8, 4) is 0 Å². The first-order chi connectivity index (χ1) is 11.9. The third-order valence-electron chi connectivity index (χ3n) is 3.88. The zero-order valence-corrected chi connectivity index (χ0v) is 15.1. The monoisotopic (exact) mass is 338 g/mol. The molecule has 0 radical (unpaired) electrons. The van der Waals surface area contributed by atoms with Crippen LogP contribution in [0.15, 0.2) is 54.6 Å². The molecular formula is C21H26N2O2. The fourth-order valence-corrected chi connectivity index (χ4v) is 2.78. The first-order valence-corrected chi connectivity index (χ1v) is 8.65. The highest BCUT2D eigenvalue weighted by atomic mass is 16.2. The maximum absolute atomic E-state index is 12.5. The first-order valence-electron chi connectivity index (χ1n) is 8.65. The van der Waals surface area contributed by atoms with Crippen molar-refractivity contribution in [2.75, 3.05) is 5.32 Å². The van der Waals surface area contributed by atoms with Crippen LogP contribution in [0.5, 0.6) is 0 Å². The molecular weight excluding hydrogens is 312 g/mol. The summed E-state index contributed by atoms with van der Waals surface area (Å²) in [5, 5.41) is 5.87. The summed E-state index contributed by atoms with van der Waals surface area (Å²) in [5.74, 6) is 0.383. The van der Waals surface area contributed by atoms with E-state index in [4.69, 9.17) is 0 Å². The molecule has 2 rings (SSSR count). The highest BCUT2D eigenvalue weighted by Gasteiger charge is 2.16. The van der Waals surface area contributed by atoms with E-state index in [2.05, 4.69) is 36.6 Å². The van der Waals surface area contributed by atoms with Gasteiger partial charge in [0.15, 0.2) is 0 Å². The second-order valence-electron chi connectivity index (χ2n) is 6.72. The number of hydrogen-bond donors (Lipinski definition) is 2. The number of anilines is 1. The molecule has 0 heterocycles. The van der Waals surface area contributed by atoms with E-state index in [1.807, 2.05) is 42.5 Å². The summed E-state index contributed by atoms with van der Waals surface area (Å²) in [7, 11) is 0. The van der Waals surface area contributed by atoms with Crippen molar-refractivity contribution in [3.05, 3.63) is 65.7 Å². The maximum Gasteiger partial charge on any atom is 0.224 e. The average molecular weight is 338 g/mol. The molecule has 4 nitrogen and oxygen atoms in total. The van der Waals surface area contributed by atoms with Crippen molar-refractivity contribution in [1.29, 1.82) is 0 Å². The Bertz CT molecular complexity index is 694. The highest BCUT2D eigenvalue weighted by molar-refractivity contribution is 5.88. The molecule has 0 aromatic heterocycles. The second kappa shape index (κ2) is 9.02. The van der Waals surface area contributed by atoms with Crippen molar-refractivity contribution in [1.82, 2.24) is 5.32 Å². The fourth-order valence-electron chi connectivity index (χ4n) is 2.78. The van der Waals surface area contributed by atoms with Crippen LogP contribution in [0.3, 0.4) is 0 Å². The van der Waals surface area contributed by atoms with Gasteiger partial charge in [-0.25, -0.2) is 0 Å². The van der Waals surface area contributed by atoms with Crippen molar-refractivity contribution < 1.29 is 9.59 Å². The van der Waals surface area contributed by atoms with E-state index in [1.165, 1.54) is 6.92 Å². The quantitative estimate of drug-likeness (QED) is 0.799. The van der Waals surface area contributed by atoms with Crippen molar-refractivity contribution >= 4 is 17.5 Å². The molecule has 0 aliphatic carbocycles. The molecule has 0 bridgehead atoms. The van der Waals surface area contributed by atoms with Gasteiger partial charge >= 0.3 is 0 Å². The smallest absolute Gasteiger partial charge is 0.224 e. The minimum Gasteiger partial charge on any atom is -0.349 e. The predicted molar refractivity (Wildman–Crippen MR) is 101 cm³/mol. The van der Waals surface area contributed by atoms with Crippen LogP contribution < -0.4 is 10.6 Å². The minimum atomic E-state index is -0.107. The predicted octanol–water partition coefficient (Wildman–Crippen LogP) is 4.09. The molecule has 0 saturated carbocycles. The Labute approximate surface area is 149 Å². The molecule has 0 saturated heterocycles. The number of amides is 2. The molecule has 1 unspecified atom stereocenters. The van der Waals surface area contributed by atoms with E-state index in [0.29, 0.717) is 12.3 Å². The number of carbonyl (C=O) groups excluding carboxylic acids is 2. The Morgan fingerprint density at radius 2 is 1.60 bits per heavy atom. The molecule has 0 aliphatic rings. The van der Waals surface area contributed by atoms with Crippen LogP contribution in [0.25, 0.3) is 0 Å². The second-order valence-corrected chi connectivity index (χ2v) is 6.72. The standard InChI is InChI=1S/C21H26N2O2/c1-15(2)13-20(18-7-5-4-6-8-18)23-21(25)14-17-9-11-19(12-10-17)22-16(3)24/h4-12,15,20H,13-14H2,1-3H3,(H,22,24)(H,23,25). The highest BCUT2D eigenvalue weighted by Crippen LogP contribution is 2.21. The fraction of sp³-hybridized carbons (Fsp3) is 0.333. The van der Waals surface area contributed by atoms with Gasteiger partial charge in [-0.1, -0.05) is 56.3 Å². The summed E-state index contributed by atoms with van der Waals surface area (Å²) in [6, 6.07) is 17.5. The van der Waals surface area contributed by atoms with Gasteiger partial charge in [-0.3, -0.25) is 9.59 Å². The van der Waals surface area contributed by atoms with Crippen LogP contribution in [-0.4, -0.2) is 11.8 Å². The summed E-state index contributed by atoms with van der Waals surface area (Å²) in [6.45, 7) is 5.78. The molecule has 4 heteroatoms. The van der Waals surface area contributed by atoms with Gasteiger partial charge in [-0.05, 0) is 35.6 Å². The summed E-state index contributed by atoms with van der Waals surface area (Å²) in [4.78, 5) is 23.5. The molecule has 1 atom stereocenters. The van der Waals surface area contributed by atoms with Crippen molar-refractivity contribution in [2.45, 2.75) is 39.7 Å². The molecule has 2 aromatic carbocycles. The van der Waals surface area contributed by atoms with Gasteiger partial charge in [0.25, 0.3) is 0 Å². The Hall–Kier alpha value is -2.62. The number of rotatable bonds is 7. The van der Waals surface area contributed by atoms with Gasteiger partial charge in [0.1, 0.15) is 0 Å². The largest absolute Gasteiger partial charge is 0.349 e. The lowest BCUT2D eigenvalue weighted by Crippen LogP contribution is -2.30. The van der Waals surface area contributed by atoms with Gasteiger partial charge < -0.3 is 10.6 Å². The van der Waals surface area contributed by atoms with E-state index in [0.717, 1.165) is 23.2 Å². The molecule has 132 valence electrons. The molecule has 2 amide bonds. The molecule has 25 heavy (non-hydrogen) atoms. The Balaban J connectivity index is 1.99. The van der Waals surface area contributed by atoms with E-state index in [9.17, 15) is 9.59 Å². The van der Waals surface area contributed by atoms with Crippen molar-refractivity contribution in [3.63, 3.8) is 0 Å². The maximum atomic E-state index is 12.5. The third-order valence-corrected chi connectivity index (χ3v) is 3.88.